The van der Waals surface area contributed by atoms with Crippen LogP contribution in [0.15, 0.2) is 18.2 Å². The number of hydrogen-bond donors (Lipinski definition) is 1. The monoisotopic (exact) mass is 267 g/mol. The van der Waals surface area contributed by atoms with Crippen molar-refractivity contribution in [3.63, 3.8) is 0 Å². The zero-order valence-electron chi connectivity index (χ0n) is 11.4. The van der Waals surface area contributed by atoms with Crippen LogP contribution < -0.4 is 10.2 Å². The molecule has 1 saturated heterocycles. The molecule has 0 bridgehead atoms. The number of anilines is 1. The summed E-state index contributed by atoms with van der Waals surface area (Å²) < 4.78 is 0. The van der Waals surface area contributed by atoms with Crippen LogP contribution in [-0.2, 0) is 0 Å². The van der Waals surface area contributed by atoms with Gasteiger partial charge < -0.3 is 10.2 Å². The maximum absolute atomic E-state index is 6.21. The predicted octanol–water partition coefficient (Wildman–Crippen LogP) is 1.99. The van der Waals surface area contributed by atoms with E-state index in [0.717, 1.165) is 31.2 Å². The maximum atomic E-state index is 6.21. The first kappa shape index (κ1) is 13.7. The van der Waals surface area contributed by atoms with Crippen molar-refractivity contribution in [2.75, 3.05) is 45.2 Å². The highest BCUT2D eigenvalue weighted by molar-refractivity contribution is 6.31. The normalized spacial score (nSPS) is 21.3. The van der Waals surface area contributed by atoms with Crippen molar-refractivity contribution in [3.05, 3.63) is 28.8 Å². The Morgan fingerprint density at radius 1 is 1.39 bits per heavy atom. The quantitative estimate of drug-likeness (QED) is 0.904. The summed E-state index contributed by atoms with van der Waals surface area (Å²) in [7, 11) is 4.21. The third-order valence-electron chi connectivity index (χ3n) is 3.80. The number of halogens is 1. The molecule has 1 fully saturated rings. The van der Waals surface area contributed by atoms with Gasteiger partial charge in [0.2, 0.25) is 0 Å². The van der Waals surface area contributed by atoms with Gasteiger partial charge >= 0.3 is 0 Å². The van der Waals surface area contributed by atoms with Crippen LogP contribution in [0.4, 0.5) is 5.69 Å². The molecule has 1 aromatic carbocycles. The third kappa shape index (κ3) is 2.79. The van der Waals surface area contributed by atoms with Crippen LogP contribution >= 0.6 is 11.6 Å². The topological polar surface area (TPSA) is 18.5 Å². The molecule has 3 nitrogen and oxygen atoms in total. The smallest absolute Gasteiger partial charge is 0.0455 e. The largest absolute Gasteiger partial charge is 0.368 e. The van der Waals surface area contributed by atoms with Gasteiger partial charge in [-0.2, -0.15) is 0 Å². The highest BCUT2D eigenvalue weighted by atomic mass is 35.5. The Hall–Kier alpha value is -0.770. The Kier molecular flexibility index (Phi) is 4.49. The molecule has 1 unspecified atom stereocenters. The highest BCUT2D eigenvalue weighted by Crippen LogP contribution is 2.27. The van der Waals surface area contributed by atoms with Gasteiger partial charge in [-0.3, -0.25) is 4.90 Å². The fourth-order valence-corrected chi connectivity index (χ4v) is 2.73. The van der Waals surface area contributed by atoms with Crippen LogP contribution in [-0.4, -0.2) is 51.2 Å². The van der Waals surface area contributed by atoms with Crippen LogP contribution in [0.3, 0.4) is 0 Å². The summed E-state index contributed by atoms with van der Waals surface area (Å²) in [5.74, 6) is 0. The maximum Gasteiger partial charge on any atom is 0.0455 e. The second kappa shape index (κ2) is 5.91. The molecule has 18 heavy (non-hydrogen) atoms. The molecule has 1 aliphatic rings. The van der Waals surface area contributed by atoms with E-state index in [1.165, 1.54) is 11.3 Å². The molecule has 1 atom stereocenters. The molecule has 4 heteroatoms. The molecule has 0 amide bonds. The lowest BCUT2D eigenvalue weighted by Crippen LogP contribution is -2.54. The first-order valence-electron chi connectivity index (χ1n) is 6.48. The van der Waals surface area contributed by atoms with Crippen molar-refractivity contribution in [2.24, 2.45) is 0 Å². The van der Waals surface area contributed by atoms with Gasteiger partial charge in [-0.15, -0.1) is 0 Å². The molecular weight excluding hydrogens is 246 g/mol. The Morgan fingerprint density at radius 3 is 2.89 bits per heavy atom. The Labute approximate surface area is 115 Å². The van der Waals surface area contributed by atoms with Gasteiger partial charge in [0, 0.05) is 42.9 Å². The first-order chi connectivity index (χ1) is 8.63. The molecule has 1 aliphatic heterocycles. The third-order valence-corrected chi connectivity index (χ3v) is 4.21. The van der Waals surface area contributed by atoms with Crippen LogP contribution in [0.1, 0.15) is 5.56 Å². The molecule has 100 valence electrons. The molecule has 1 N–H and O–H groups in total. The Morgan fingerprint density at radius 2 is 2.17 bits per heavy atom. The number of piperazine rings is 1. The Bertz CT molecular complexity index is 408. The lowest BCUT2D eigenvalue weighted by atomic mass is 10.1. The van der Waals surface area contributed by atoms with E-state index in [-0.39, 0.29) is 0 Å². The van der Waals surface area contributed by atoms with E-state index in [1.807, 2.05) is 19.2 Å². The minimum atomic E-state index is 0.558. The zero-order valence-corrected chi connectivity index (χ0v) is 12.2. The standard InChI is InChI=1S/C14H22ClN3/c1-11-13(15)5-4-6-14(11)18-8-7-17(3)12(10-18)9-16-2/h4-6,12,16H,7-10H2,1-3H3. The van der Waals surface area contributed by atoms with E-state index in [0.29, 0.717) is 6.04 Å². The zero-order chi connectivity index (χ0) is 13.1. The van der Waals surface area contributed by atoms with Crippen molar-refractivity contribution in [1.29, 1.82) is 0 Å². The number of benzene rings is 1. The number of hydrogen-bond acceptors (Lipinski definition) is 3. The minimum absolute atomic E-state index is 0.558. The number of nitrogens with one attached hydrogen (secondary N) is 1. The van der Waals surface area contributed by atoms with Crippen molar-refractivity contribution in [2.45, 2.75) is 13.0 Å². The molecule has 0 saturated carbocycles. The van der Waals surface area contributed by atoms with Crippen LogP contribution in [0.2, 0.25) is 5.02 Å². The van der Waals surface area contributed by atoms with Gasteiger partial charge in [0.1, 0.15) is 0 Å². The number of nitrogens with zero attached hydrogens (tertiary/aromatic N) is 2. The summed E-state index contributed by atoms with van der Waals surface area (Å²) in [6.45, 7) is 6.34. The Balaban J connectivity index is 2.16. The summed E-state index contributed by atoms with van der Waals surface area (Å²) in [6, 6.07) is 6.72. The van der Waals surface area contributed by atoms with E-state index >= 15 is 0 Å². The lowest BCUT2D eigenvalue weighted by molar-refractivity contribution is 0.216. The van der Waals surface area contributed by atoms with E-state index in [1.54, 1.807) is 0 Å². The summed E-state index contributed by atoms with van der Waals surface area (Å²) in [4.78, 5) is 4.87. The van der Waals surface area contributed by atoms with E-state index in [9.17, 15) is 0 Å². The predicted molar refractivity (Wildman–Crippen MR) is 78.7 cm³/mol. The van der Waals surface area contributed by atoms with Gasteiger partial charge in [-0.05, 0) is 38.7 Å². The molecule has 1 heterocycles. The van der Waals surface area contributed by atoms with Crippen LogP contribution in [0, 0.1) is 6.92 Å². The van der Waals surface area contributed by atoms with Crippen LogP contribution in [0.5, 0.6) is 0 Å². The number of rotatable bonds is 3. The minimum Gasteiger partial charge on any atom is -0.368 e. The van der Waals surface area contributed by atoms with Crippen molar-refractivity contribution >= 4 is 17.3 Å². The summed E-state index contributed by atoms with van der Waals surface area (Å²) in [5.41, 5.74) is 2.46. The first-order valence-corrected chi connectivity index (χ1v) is 6.86. The van der Waals surface area contributed by atoms with E-state index < -0.39 is 0 Å². The van der Waals surface area contributed by atoms with Crippen molar-refractivity contribution in [1.82, 2.24) is 10.2 Å². The second-order valence-electron chi connectivity index (χ2n) is 5.02. The van der Waals surface area contributed by atoms with Crippen molar-refractivity contribution in [3.8, 4) is 0 Å². The second-order valence-corrected chi connectivity index (χ2v) is 5.43. The van der Waals surface area contributed by atoms with Crippen LogP contribution in [0.25, 0.3) is 0 Å². The van der Waals surface area contributed by atoms with E-state index in [2.05, 4.69) is 35.2 Å². The van der Waals surface area contributed by atoms with E-state index in [4.69, 9.17) is 11.6 Å². The van der Waals surface area contributed by atoms with Gasteiger partial charge in [-0.25, -0.2) is 0 Å². The molecule has 0 radical (unpaired) electrons. The number of likely N-dealkylation sites (N-methyl/N-ethyl adjacent to an activating group) is 2. The van der Waals surface area contributed by atoms with Crippen molar-refractivity contribution < 1.29 is 0 Å². The molecular formula is C14H22ClN3. The molecule has 0 aliphatic carbocycles. The van der Waals surface area contributed by atoms with Gasteiger partial charge in [-0.1, -0.05) is 17.7 Å². The lowest BCUT2D eigenvalue weighted by Gasteiger charge is -2.41. The summed E-state index contributed by atoms with van der Waals surface area (Å²) in [5, 5.41) is 4.13. The average Bonchev–Trinajstić information content (AvgIpc) is 2.36. The summed E-state index contributed by atoms with van der Waals surface area (Å²) >= 11 is 6.21. The molecule has 1 aromatic rings. The molecule has 0 spiro atoms. The summed E-state index contributed by atoms with van der Waals surface area (Å²) in [6.07, 6.45) is 0. The molecule has 0 aromatic heterocycles. The van der Waals surface area contributed by atoms with Gasteiger partial charge in [0.25, 0.3) is 0 Å². The molecule has 2 rings (SSSR count). The fourth-order valence-electron chi connectivity index (χ4n) is 2.56. The average molecular weight is 268 g/mol. The van der Waals surface area contributed by atoms with Gasteiger partial charge in [0.15, 0.2) is 0 Å². The SMILES string of the molecule is CNCC1CN(c2cccc(Cl)c2C)CCN1C. The van der Waals surface area contributed by atoms with Gasteiger partial charge in [0.05, 0.1) is 0 Å². The fraction of sp³-hybridized carbons (Fsp3) is 0.571. The highest BCUT2D eigenvalue weighted by Gasteiger charge is 2.24.